The lowest BCUT2D eigenvalue weighted by atomic mass is 9.93. The zero-order valence-corrected chi connectivity index (χ0v) is 15.5. The lowest BCUT2D eigenvalue weighted by Gasteiger charge is -2.30. The molecule has 2 aromatic carbocycles. The molecular formula is C22H23NO2S. The average Bonchev–Trinajstić information content (AvgIpc) is 2.83. The van der Waals surface area contributed by atoms with Crippen molar-refractivity contribution >= 4 is 23.3 Å². The van der Waals surface area contributed by atoms with Crippen LogP contribution in [0.2, 0.25) is 0 Å². The van der Waals surface area contributed by atoms with Crippen LogP contribution in [0.3, 0.4) is 0 Å². The molecule has 0 saturated carbocycles. The van der Waals surface area contributed by atoms with Gasteiger partial charge in [0, 0.05) is 23.7 Å². The van der Waals surface area contributed by atoms with Gasteiger partial charge in [-0.3, -0.25) is 9.69 Å². The quantitative estimate of drug-likeness (QED) is 0.868. The SMILES string of the molecule is O=C(O)C1CCCN(C/C=C2\c3ccccc3CSc3ccccc32)C1. The minimum atomic E-state index is -0.663. The van der Waals surface area contributed by atoms with Crippen molar-refractivity contribution in [2.24, 2.45) is 5.92 Å². The molecular weight excluding hydrogens is 342 g/mol. The third-order valence-electron chi connectivity index (χ3n) is 5.28. The van der Waals surface area contributed by atoms with Crippen LogP contribution in [0, 0.1) is 5.92 Å². The van der Waals surface area contributed by atoms with Gasteiger partial charge in [0.15, 0.2) is 0 Å². The number of benzene rings is 2. The molecule has 0 spiro atoms. The Kier molecular flexibility index (Phi) is 5.14. The van der Waals surface area contributed by atoms with Gasteiger partial charge in [-0.2, -0.15) is 0 Å². The monoisotopic (exact) mass is 365 g/mol. The minimum Gasteiger partial charge on any atom is -0.481 e. The van der Waals surface area contributed by atoms with Crippen molar-refractivity contribution in [2.45, 2.75) is 23.5 Å². The lowest BCUT2D eigenvalue weighted by molar-refractivity contribution is -0.143. The molecule has 0 aromatic heterocycles. The number of carboxylic acid groups (broad SMARTS) is 1. The van der Waals surface area contributed by atoms with Gasteiger partial charge in [-0.05, 0) is 47.7 Å². The number of carboxylic acids is 1. The van der Waals surface area contributed by atoms with E-state index in [4.69, 9.17) is 0 Å². The molecule has 0 radical (unpaired) electrons. The van der Waals surface area contributed by atoms with Crippen molar-refractivity contribution in [1.82, 2.24) is 4.90 Å². The largest absolute Gasteiger partial charge is 0.481 e. The first-order valence-corrected chi connectivity index (χ1v) is 10.2. The van der Waals surface area contributed by atoms with Gasteiger partial charge >= 0.3 is 5.97 Å². The fourth-order valence-corrected chi connectivity index (χ4v) is 4.96. The summed E-state index contributed by atoms with van der Waals surface area (Å²) in [5.74, 6) is 0.0883. The van der Waals surface area contributed by atoms with E-state index < -0.39 is 5.97 Å². The summed E-state index contributed by atoms with van der Waals surface area (Å²) in [6.45, 7) is 2.43. The minimum absolute atomic E-state index is 0.230. The predicted octanol–water partition coefficient (Wildman–Crippen LogP) is 4.52. The van der Waals surface area contributed by atoms with E-state index in [0.717, 1.165) is 31.7 Å². The summed E-state index contributed by atoms with van der Waals surface area (Å²) in [5.41, 5.74) is 5.23. The number of rotatable bonds is 3. The van der Waals surface area contributed by atoms with Crippen LogP contribution in [-0.2, 0) is 10.5 Å². The highest BCUT2D eigenvalue weighted by molar-refractivity contribution is 7.98. The Morgan fingerprint density at radius 1 is 1.15 bits per heavy atom. The zero-order valence-electron chi connectivity index (χ0n) is 14.7. The molecule has 2 heterocycles. The predicted molar refractivity (Wildman–Crippen MR) is 106 cm³/mol. The van der Waals surface area contributed by atoms with E-state index in [1.54, 1.807) is 0 Å². The third-order valence-corrected chi connectivity index (χ3v) is 6.40. The summed E-state index contributed by atoms with van der Waals surface area (Å²) >= 11 is 1.89. The molecule has 3 nitrogen and oxygen atoms in total. The van der Waals surface area contributed by atoms with Gasteiger partial charge in [-0.1, -0.05) is 48.5 Å². The highest BCUT2D eigenvalue weighted by atomic mass is 32.2. The Morgan fingerprint density at radius 3 is 2.77 bits per heavy atom. The van der Waals surface area contributed by atoms with Crippen molar-refractivity contribution in [1.29, 1.82) is 0 Å². The molecule has 0 aliphatic carbocycles. The highest BCUT2D eigenvalue weighted by Gasteiger charge is 2.25. The maximum atomic E-state index is 11.3. The molecule has 1 atom stereocenters. The van der Waals surface area contributed by atoms with Crippen molar-refractivity contribution < 1.29 is 9.90 Å². The van der Waals surface area contributed by atoms with Gasteiger partial charge in [0.25, 0.3) is 0 Å². The van der Waals surface area contributed by atoms with Crippen LogP contribution in [0.15, 0.2) is 59.5 Å². The van der Waals surface area contributed by atoms with Crippen LogP contribution in [0.25, 0.3) is 5.57 Å². The normalized spacial score (nSPS) is 21.7. The van der Waals surface area contributed by atoms with Crippen molar-refractivity contribution in [2.75, 3.05) is 19.6 Å². The van der Waals surface area contributed by atoms with E-state index in [9.17, 15) is 9.90 Å². The Hall–Kier alpha value is -2.04. The highest BCUT2D eigenvalue weighted by Crippen LogP contribution is 2.39. The molecule has 0 amide bonds. The second kappa shape index (κ2) is 7.68. The molecule has 134 valence electrons. The maximum absolute atomic E-state index is 11.3. The number of likely N-dealkylation sites (tertiary alicyclic amines) is 1. The van der Waals surface area contributed by atoms with E-state index in [0.29, 0.717) is 6.54 Å². The summed E-state index contributed by atoms with van der Waals surface area (Å²) in [6, 6.07) is 17.2. The number of nitrogens with zero attached hydrogens (tertiary/aromatic N) is 1. The van der Waals surface area contributed by atoms with Gasteiger partial charge in [0.1, 0.15) is 0 Å². The van der Waals surface area contributed by atoms with E-state index in [1.807, 2.05) is 11.8 Å². The second-order valence-corrected chi connectivity index (χ2v) is 8.01. The Bertz CT molecular complexity index is 796. The molecule has 1 unspecified atom stereocenters. The van der Waals surface area contributed by atoms with Crippen LogP contribution < -0.4 is 0 Å². The first-order valence-electron chi connectivity index (χ1n) is 9.18. The van der Waals surface area contributed by atoms with Gasteiger partial charge in [0.2, 0.25) is 0 Å². The van der Waals surface area contributed by atoms with Gasteiger partial charge in [0.05, 0.1) is 5.92 Å². The van der Waals surface area contributed by atoms with Gasteiger partial charge in [-0.25, -0.2) is 0 Å². The maximum Gasteiger partial charge on any atom is 0.307 e. The molecule has 2 aliphatic heterocycles. The topological polar surface area (TPSA) is 40.5 Å². The first-order chi connectivity index (χ1) is 12.7. The van der Waals surface area contributed by atoms with Crippen molar-refractivity contribution in [3.05, 3.63) is 71.3 Å². The van der Waals surface area contributed by atoms with Gasteiger partial charge in [-0.15, -0.1) is 11.8 Å². The third kappa shape index (κ3) is 3.57. The number of hydrogen-bond acceptors (Lipinski definition) is 3. The van der Waals surface area contributed by atoms with E-state index in [-0.39, 0.29) is 5.92 Å². The molecule has 2 aliphatic rings. The molecule has 1 N–H and O–H groups in total. The number of aliphatic carboxylic acids is 1. The summed E-state index contributed by atoms with van der Waals surface area (Å²) in [4.78, 5) is 14.9. The van der Waals surface area contributed by atoms with Gasteiger partial charge < -0.3 is 5.11 Å². The fraction of sp³-hybridized carbons (Fsp3) is 0.318. The zero-order chi connectivity index (χ0) is 17.9. The van der Waals surface area contributed by atoms with Crippen LogP contribution >= 0.6 is 11.8 Å². The second-order valence-electron chi connectivity index (χ2n) is 7.00. The molecule has 2 aromatic rings. The van der Waals surface area contributed by atoms with E-state index >= 15 is 0 Å². The van der Waals surface area contributed by atoms with Crippen LogP contribution in [0.1, 0.15) is 29.5 Å². The standard InChI is InChI=1S/C22H23NO2S/c24-22(25)16-7-5-12-23(14-16)13-11-19-18-8-2-1-6-17(18)15-26-21-10-4-3-9-20(19)21/h1-4,6,8-11,16H,5,7,12-15H2,(H,24,25)/b19-11+. The average molecular weight is 365 g/mol. The Morgan fingerprint density at radius 2 is 1.92 bits per heavy atom. The molecule has 0 bridgehead atoms. The number of fused-ring (bicyclic) bond motifs is 2. The summed E-state index contributed by atoms with van der Waals surface area (Å²) < 4.78 is 0. The van der Waals surface area contributed by atoms with Crippen molar-refractivity contribution in [3.63, 3.8) is 0 Å². The van der Waals surface area contributed by atoms with Crippen molar-refractivity contribution in [3.8, 4) is 0 Å². The van der Waals surface area contributed by atoms with E-state index in [2.05, 4.69) is 59.5 Å². The summed E-state index contributed by atoms with van der Waals surface area (Å²) in [6.07, 6.45) is 4.06. The molecule has 26 heavy (non-hydrogen) atoms. The number of piperidine rings is 1. The summed E-state index contributed by atoms with van der Waals surface area (Å²) in [5, 5.41) is 9.33. The fourth-order valence-electron chi connectivity index (χ4n) is 3.89. The van der Waals surface area contributed by atoms with Crippen LogP contribution in [0.5, 0.6) is 0 Å². The number of carbonyl (C=O) groups is 1. The Labute approximate surface area is 158 Å². The smallest absolute Gasteiger partial charge is 0.307 e. The van der Waals surface area contributed by atoms with Crippen LogP contribution in [-0.4, -0.2) is 35.6 Å². The number of thioether (sulfide) groups is 1. The molecule has 1 fully saturated rings. The molecule has 4 rings (SSSR count). The van der Waals surface area contributed by atoms with Crippen LogP contribution in [0.4, 0.5) is 0 Å². The Balaban J connectivity index is 1.66. The van der Waals surface area contributed by atoms with E-state index in [1.165, 1.54) is 27.2 Å². The first kappa shape index (κ1) is 17.4. The lowest BCUT2D eigenvalue weighted by Crippen LogP contribution is -2.38. The molecule has 1 saturated heterocycles. The molecule has 4 heteroatoms. The summed E-state index contributed by atoms with van der Waals surface area (Å²) in [7, 11) is 0. The number of hydrogen-bond donors (Lipinski definition) is 1.